The van der Waals surface area contributed by atoms with Gasteiger partial charge in [-0.25, -0.2) is 0 Å². The highest BCUT2D eigenvalue weighted by Crippen LogP contribution is 2.52. The van der Waals surface area contributed by atoms with Crippen LogP contribution in [0.5, 0.6) is 40.2 Å². The summed E-state index contributed by atoms with van der Waals surface area (Å²) in [7, 11) is 0. The molecule has 28 heavy (non-hydrogen) atoms. The largest absolute Gasteiger partial charge is 0.508 e. The first-order valence-corrected chi connectivity index (χ1v) is 9.05. The number of phenolic OH excluding ortho intramolecular Hbond substituents is 7. The molecule has 0 saturated heterocycles. The molecule has 4 aromatic carbocycles. The molecular formula is C20H13IO7. The number of phenols is 7. The van der Waals surface area contributed by atoms with Crippen LogP contribution in [0.25, 0.3) is 32.7 Å². The second kappa shape index (κ2) is 6.13. The molecule has 0 aromatic heterocycles. The van der Waals surface area contributed by atoms with Crippen LogP contribution in [-0.2, 0) is 0 Å². The normalized spacial score (nSPS) is 11.3. The Kier molecular flexibility index (Phi) is 3.96. The van der Waals surface area contributed by atoms with Crippen molar-refractivity contribution in [2.75, 3.05) is 0 Å². The molecule has 0 aliphatic rings. The summed E-state index contributed by atoms with van der Waals surface area (Å²) in [4.78, 5) is 0. The lowest BCUT2D eigenvalue weighted by atomic mass is 9.91. The first-order valence-electron chi connectivity index (χ1n) is 7.97. The standard InChI is InChI=1S/C20H13IO7/c21-11-5-15(27)19(17-9(11)1-7(22)3-13(17)25)20-16(28)6-12(24)10-2-8(23)4-14(26)18(10)20/h1-6,22-28H. The van der Waals surface area contributed by atoms with Gasteiger partial charge in [0.15, 0.2) is 0 Å². The first kappa shape index (κ1) is 18.1. The molecule has 4 rings (SSSR count). The van der Waals surface area contributed by atoms with Crippen LogP contribution in [0.4, 0.5) is 0 Å². The summed E-state index contributed by atoms with van der Waals surface area (Å²) < 4.78 is 0.532. The summed E-state index contributed by atoms with van der Waals surface area (Å²) in [6.07, 6.45) is 0. The Hall–Kier alpha value is -3.27. The number of aromatic hydroxyl groups is 7. The van der Waals surface area contributed by atoms with Gasteiger partial charge in [0.25, 0.3) is 0 Å². The van der Waals surface area contributed by atoms with Crippen molar-refractivity contribution in [2.45, 2.75) is 0 Å². The number of rotatable bonds is 1. The van der Waals surface area contributed by atoms with Crippen molar-refractivity contribution in [3.8, 4) is 51.4 Å². The van der Waals surface area contributed by atoms with E-state index in [0.717, 1.165) is 18.2 Å². The minimum Gasteiger partial charge on any atom is -0.508 e. The van der Waals surface area contributed by atoms with Crippen LogP contribution >= 0.6 is 22.6 Å². The predicted molar refractivity (Wildman–Crippen MR) is 111 cm³/mol. The quantitative estimate of drug-likeness (QED) is 0.198. The first-order chi connectivity index (χ1) is 13.2. The Balaban J connectivity index is 2.29. The van der Waals surface area contributed by atoms with Crippen molar-refractivity contribution in [3.05, 3.63) is 40.0 Å². The van der Waals surface area contributed by atoms with Crippen molar-refractivity contribution >= 4 is 44.1 Å². The minimum absolute atomic E-state index is 0.00333. The van der Waals surface area contributed by atoms with Crippen LogP contribution in [0.15, 0.2) is 36.4 Å². The van der Waals surface area contributed by atoms with E-state index in [1.165, 1.54) is 18.2 Å². The van der Waals surface area contributed by atoms with Crippen molar-refractivity contribution in [3.63, 3.8) is 0 Å². The number of benzene rings is 4. The van der Waals surface area contributed by atoms with E-state index >= 15 is 0 Å². The molecule has 0 amide bonds. The Morgan fingerprint density at radius 2 is 0.929 bits per heavy atom. The molecule has 0 unspecified atom stereocenters. The fraction of sp³-hybridized carbons (Fsp3) is 0. The summed E-state index contributed by atoms with van der Waals surface area (Å²) >= 11 is 1.93. The van der Waals surface area contributed by atoms with Gasteiger partial charge in [-0.15, -0.1) is 0 Å². The van der Waals surface area contributed by atoms with Crippen molar-refractivity contribution in [1.82, 2.24) is 0 Å². The van der Waals surface area contributed by atoms with E-state index in [1.807, 2.05) is 22.6 Å². The van der Waals surface area contributed by atoms with Crippen molar-refractivity contribution < 1.29 is 35.7 Å². The molecule has 8 heteroatoms. The van der Waals surface area contributed by atoms with Gasteiger partial charge in [0.2, 0.25) is 0 Å². The topological polar surface area (TPSA) is 142 Å². The summed E-state index contributed by atoms with van der Waals surface area (Å²) in [5, 5.41) is 72.4. The summed E-state index contributed by atoms with van der Waals surface area (Å²) in [5.41, 5.74) is -0.0541. The Morgan fingerprint density at radius 3 is 1.50 bits per heavy atom. The van der Waals surface area contributed by atoms with Gasteiger partial charge in [0.05, 0.1) is 0 Å². The SMILES string of the molecule is Oc1cc(O)c2c(-c3c(O)cc(I)c4cc(O)cc(O)c34)c(O)cc(O)c2c1. The highest BCUT2D eigenvalue weighted by atomic mass is 127. The van der Waals surface area contributed by atoms with Crippen LogP contribution in [0.3, 0.4) is 0 Å². The Labute approximate surface area is 171 Å². The van der Waals surface area contributed by atoms with Crippen LogP contribution in [0.2, 0.25) is 0 Å². The molecular weight excluding hydrogens is 479 g/mol. The summed E-state index contributed by atoms with van der Waals surface area (Å²) in [5.74, 6) is -2.44. The van der Waals surface area contributed by atoms with Gasteiger partial charge in [0, 0.05) is 54.4 Å². The van der Waals surface area contributed by atoms with Gasteiger partial charge < -0.3 is 35.7 Å². The average Bonchev–Trinajstić information content (AvgIpc) is 2.58. The highest BCUT2D eigenvalue weighted by Gasteiger charge is 2.24. The zero-order valence-electron chi connectivity index (χ0n) is 14.0. The molecule has 0 heterocycles. The van der Waals surface area contributed by atoms with E-state index in [0.29, 0.717) is 8.96 Å². The minimum atomic E-state index is -0.462. The maximum absolute atomic E-state index is 10.7. The third-order valence-corrected chi connectivity index (χ3v) is 5.43. The maximum atomic E-state index is 10.7. The van der Waals surface area contributed by atoms with Gasteiger partial charge in [-0.3, -0.25) is 0 Å². The molecule has 4 aromatic rings. The molecule has 0 saturated carbocycles. The predicted octanol–water partition coefficient (Wildman–Crippen LogP) is 4.20. The van der Waals surface area contributed by atoms with E-state index < -0.39 is 17.2 Å². The monoisotopic (exact) mass is 492 g/mol. The van der Waals surface area contributed by atoms with Crippen molar-refractivity contribution in [2.24, 2.45) is 0 Å². The fourth-order valence-electron chi connectivity index (χ4n) is 3.45. The van der Waals surface area contributed by atoms with Crippen LogP contribution in [-0.4, -0.2) is 35.7 Å². The van der Waals surface area contributed by atoms with Gasteiger partial charge in [-0.05, 0) is 40.8 Å². The van der Waals surface area contributed by atoms with Crippen LogP contribution in [0.1, 0.15) is 0 Å². The summed E-state index contributed by atoms with van der Waals surface area (Å²) in [6.45, 7) is 0. The van der Waals surface area contributed by atoms with Crippen molar-refractivity contribution in [1.29, 1.82) is 0 Å². The lowest BCUT2D eigenvalue weighted by Gasteiger charge is -2.17. The molecule has 7 nitrogen and oxygen atoms in total. The van der Waals surface area contributed by atoms with Gasteiger partial charge >= 0.3 is 0 Å². The Morgan fingerprint density at radius 1 is 0.464 bits per heavy atom. The number of fused-ring (bicyclic) bond motifs is 2. The van der Waals surface area contributed by atoms with Gasteiger partial charge in [-0.2, -0.15) is 0 Å². The van der Waals surface area contributed by atoms with Gasteiger partial charge in [-0.1, -0.05) is 0 Å². The zero-order valence-corrected chi connectivity index (χ0v) is 16.1. The lowest BCUT2D eigenvalue weighted by Crippen LogP contribution is -1.91. The number of hydrogen-bond donors (Lipinski definition) is 7. The van der Waals surface area contributed by atoms with Crippen LogP contribution < -0.4 is 0 Å². The maximum Gasteiger partial charge on any atom is 0.128 e. The molecule has 0 radical (unpaired) electrons. The molecule has 0 aliphatic heterocycles. The third kappa shape index (κ3) is 2.56. The number of hydrogen-bond acceptors (Lipinski definition) is 7. The van der Waals surface area contributed by atoms with E-state index in [9.17, 15) is 35.7 Å². The molecule has 142 valence electrons. The molecule has 0 aliphatic carbocycles. The second-order valence-corrected chi connectivity index (χ2v) is 7.48. The third-order valence-electron chi connectivity index (χ3n) is 4.54. The zero-order chi connectivity index (χ0) is 20.3. The Bertz CT molecular complexity index is 1200. The molecule has 0 atom stereocenters. The smallest absolute Gasteiger partial charge is 0.128 e. The van der Waals surface area contributed by atoms with E-state index in [2.05, 4.69) is 0 Å². The number of halogens is 1. The van der Waals surface area contributed by atoms with E-state index in [4.69, 9.17) is 0 Å². The van der Waals surface area contributed by atoms with Crippen LogP contribution in [0, 0.1) is 3.57 Å². The summed E-state index contributed by atoms with van der Waals surface area (Å²) in [6, 6.07) is 7.11. The fourth-order valence-corrected chi connectivity index (χ4v) is 4.17. The molecule has 0 bridgehead atoms. The molecule has 0 spiro atoms. The highest BCUT2D eigenvalue weighted by molar-refractivity contribution is 14.1. The average molecular weight is 492 g/mol. The molecule has 7 N–H and O–H groups in total. The van der Waals surface area contributed by atoms with E-state index in [1.54, 1.807) is 0 Å². The lowest BCUT2D eigenvalue weighted by molar-refractivity contribution is 0.445. The van der Waals surface area contributed by atoms with E-state index in [-0.39, 0.29) is 50.3 Å². The molecule has 0 fully saturated rings. The van der Waals surface area contributed by atoms with Gasteiger partial charge in [0.1, 0.15) is 40.2 Å². The second-order valence-electron chi connectivity index (χ2n) is 6.32.